The summed E-state index contributed by atoms with van der Waals surface area (Å²) in [6.07, 6.45) is -2.33. The Balaban J connectivity index is -0.000000000195. The van der Waals surface area contributed by atoms with Gasteiger partial charge in [0.05, 0.1) is 0 Å². The van der Waals surface area contributed by atoms with E-state index < -0.39 is 6.16 Å². The minimum absolute atomic E-state index is 0. The van der Waals surface area contributed by atoms with Gasteiger partial charge in [-0.05, 0) is 6.16 Å². The Labute approximate surface area is 194 Å². The first-order chi connectivity index (χ1) is 1.73. The Bertz CT molecular complexity index is 55.2. The van der Waals surface area contributed by atoms with Crippen molar-refractivity contribution in [2.24, 2.45) is 0 Å². The van der Waals surface area contributed by atoms with Gasteiger partial charge in [0.15, 0.2) is 0 Å². The molecule has 10 N–H and O–H groups in total. The van der Waals surface area contributed by atoms with E-state index in [4.69, 9.17) is 15.0 Å². The second-order valence-corrected chi connectivity index (χ2v) is 0.250. The molecule has 0 aromatic rings. The van der Waals surface area contributed by atoms with E-state index in [2.05, 4.69) is 0 Å². The average Bonchev–Trinajstić information content (AvgIpc) is 0.811. The molecule has 0 atom stereocenters. The van der Waals surface area contributed by atoms with Crippen molar-refractivity contribution in [1.82, 2.24) is 0 Å². The standard InChI is InChI=1S/CH2O3.15CH4.2Fe.5H2O/c2-1(3)4;;;;;;;;;;;;;;;;;;;;;;/h(H2,2,3,4);15*1H4;;;5*1H2/q;;;;;;;;;;;;;;;;2*+3;;;;;/p-2. The van der Waals surface area contributed by atoms with Crippen molar-refractivity contribution in [2.45, 2.75) is 111 Å². The van der Waals surface area contributed by atoms with Crippen molar-refractivity contribution in [3.05, 3.63) is 0 Å². The zero-order valence-corrected chi connectivity index (χ0v) is 7.14. The minimum Gasteiger partial charge on any atom is -0.652 e. The van der Waals surface area contributed by atoms with Crippen molar-refractivity contribution in [3.8, 4) is 0 Å². The second-order valence-electron chi connectivity index (χ2n) is 0.250. The van der Waals surface area contributed by atoms with Crippen LogP contribution in [0, 0.1) is 0 Å². The molecule has 0 spiro atoms. The molecule has 0 rings (SSSR count). The molecular formula is C16H70Fe2O8+4. The Morgan fingerprint density at radius 3 is 0.346 bits per heavy atom. The summed E-state index contributed by atoms with van der Waals surface area (Å²) < 4.78 is 0. The van der Waals surface area contributed by atoms with Gasteiger partial charge in [-0.15, -0.1) is 0 Å². The summed E-state index contributed by atoms with van der Waals surface area (Å²) in [5, 5.41) is 16.7. The Morgan fingerprint density at radius 1 is 0.346 bits per heavy atom. The third-order valence-electron chi connectivity index (χ3n) is 0. The number of hydrogen-bond donors (Lipinski definition) is 0. The van der Waals surface area contributed by atoms with Crippen LogP contribution in [0.25, 0.3) is 0 Å². The third-order valence-corrected chi connectivity index (χ3v) is 0. The van der Waals surface area contributed by atoms with Crippen molar-refractivity contribution in [3.63, 3.8) is 0 Å². The van der Waals surface area contributed by atoms with Crippen LogP contribution in [0.1, 0.15) is 111 Å². The van der Waals surface area contributed by atoms with Gasteiger partial charge in [-0.3, -0.25) is 0 Å². The van der Waals surface area contributed by atoms with Gasteiger partial charge in [-0.25, -0.2) is 0 Å². The largest absolute Gasteiger partial charge is 3.00 e. The van der Waals surface area contributed by atoms with Gasteiger partial charge in [-0.2, -0.15) is 0 Å². The quantitative estimate of drug-likeness (QED) is 0.456. The maximum absolute atomic E-state index is 8.33. The number of carboxylic acid groups (broad SMARTS) is 2. The Hall–Kier alpha value is 0.109. The van der Waals surface area contributed by atoms with Crippen molar-refractivity contribution in [2.75, 3.05) is 0 Å². The fraction of sp³-hybridized carbons (Fsp3) is 0.938. The normalized spacial score (nSPS) is 0.923. The van der Waals surface area contributed by atoms with E-state index in [0.29, 0.717) is 0 Å². The fourth-order valence-electron chi connectivity index (χ4n) is 0. The van der Waals surface area contributed by atoms with Gasteiger partial charge < -0.3 is 42.4 Å². The first-order valence-corrected chi connectivity index (χ1v) is 0.612. The number of carbonyl (C=O) groups excluding carboxylic acids is 1. The van der Waals surface area contributed by atoms with Crippen LogP contribution >= 0.6 is 0 Å². The van der Waals surface area contributed by atoms with E-state index >= 15 is 0 Å². The van der Waals surface area contributed by atoms with Crippen LogP contribution in [0.15, 0.2) is 0 Å². The Morgan fingerprint density at radius 2 is 0.346 bits per heavy atom. The first-order valence-electron chi connectivity index (χ1n) is 0.612. The van der Waals surface area contributed by atoms with E-state index in [-0.39, 0.29) is 173 Å². The molecule has 0 aliphatic heterocycles. The summed E-state index contributed by atoms with van der Waals surface area (Å²) >= 11 is 0. The van der Waals surface area contributed by atoms with Gasteiger partial charge in [0.2, 0.25) is 0 Å². The molecule has 0 saturated carbocycles. The summed E-state index contributed by atoms with van der Waals surface area (Å²) in [5.74, 6) is 0. The molecule has 0 aliphatic rings. The van der Waals surface area contributed by atoms with E-state index in [9.17, 15) is 0 Å². The van der Waals surface area contributed by atoms with Crippen LogP contribution in [0.5, 0.6) is 0 Å². The average molecular weight is 502 g/mol. The molecule has 0 amide bonds. The van der Waals surface area contributed by atoms with Gasteiger partial charge in [0.25, 0.3) is 0 Å². The molecule has 0 fully saturated rings. The topological polar surface area (TPSA) is 221 Å². The molecule has 10 heteroatoms. The van der Waals surface area contributed by atoms with Crippen LogP contribution in [0.4, 0.5) is 4.79 Å². The van der Waals surface area contributed by atoms with E-state index in [1.165, 1.54) is 0 Å². The summed E-state index contributed by atoms with van der Waals surface area (Å²) in [6.45, 7) is 0. The predicted octanol–water partition coefficient (Wildman–Crippen LogP) is 2.97. The van der Waals surface area contributed by atoms with Gasteiger partial charge in [0, 0.05) is 0 Å². The van der Waals surface area contributed by atoms with Crippen molar-refractivity contribution in [1.29, 1.82) is 0 Å². The molecule has 0 aromatic heterocycles. The van der Waals surface area contributed by atoms with Crippen molar-refractivity contribution >= 4 is 6.16 Å². The fourth-order valence-corrected chi connectivity index (χ4v) is 0. The van der Waals surface area contributed by atoms with E-state index in [0.717, 1.165) is 0 Å². The maximum atomic E-state index is 8.33. The maximum Gasteiger partial charge on any atom is 3.00 e. The van der Waals surface area contributed by atoms with Crippen LogP contribution in [-0.2, 0) is 34.1 Å². The molecular weight excluding hydrogens is 432 g/mol. The number of rotatable bonds is 0. The summed E-state index contributed by atoms with van der Waals surface area (Å²) in [7, 11) is 0. The third kappa shape index (κ3) is 1080000. The molecule has 0 heterocycles. The molecule has 0 aliphatic carbocycles. The number of carbonyl (C=O) groups is 1. The van der Waals surface area contributed by atoms with Gasteiger partial charge >= 0.3 is 34.1 Å². The summed E-state index contributed by atoms with van der Waals surface area (Å²) in [4.78, 5) is 8.33. The second kappa shape index (κ2) is 1510. The summed E-state index contributed by atoms with van der Waals surface area (Å²) in [6, 6.07) is 0. The Kier molecular flexibility index (Phi) is 98900. The van der Waals surface area contributed by atoms with Gasteiger partial charge in [-0.1, -0.05) is 111 Å². The molecule has 26 heavy (non-hydrogen) atoms. The minimum atomic E-state index is -2.33. The van der Waals surface area contributed by atoms with Crippen molar-refractivity contribution < 1.29 is 76.5 Å². The zero-order chi connectivity index (χ0) is 3.58. The van der Waals surface area contributed by atoms with Gasteiger partial charge in [0.1, 0.15) is 0 Å². The monoisotopic (exact) mass is 502 g/mol. The van der Waals surface area contributed by atoms with E-state index in [1.807, 2.05) is 0 Å². The molecule has 0 saturated heterocycles. The van der Waals surface area contributed by atoms with Crippen LogP contribution in [-0.4, -0.2) is 33.5 Å². The SMILES string of the molecule is C.C.C.C.C.C.C.C.C.C.C.C.C.C.C.O.O.O.O.O.O=C([O-])[O-].[Fe+3].[Fe+3]. The first kappa shape index (κ1) is 1700. The summed E-state index contributed by atoms with van der Waals surface area (Å²) in [5.41, 5.74) is 0. The van der Waals surface area contributed by atoms with Crippen LogP contribution in [0.3, 0.4) is 0 Å². The predicted molar refractivity (Wildman–Crippen MR) is 124 cm³/mol. The molecule has 0 aromatic carbocycles. The molecule has 0 bridgehead atoms. The van der Waals surface area contributed by atoms with E-state index in [1.54, 1.807) is 0 Å². The molecule has 2 radical (unpaired) electrons. The molecule has 8 nitrogen and oxygen atoms in total. The number of hydrogen-bond acceptors (Lipinski definition) is 3. The molecule has 0 unspecified atom stereocenters. The van der Waals surface area contributed by atoms with Crippen LogP contribution in [0.2, 0.25) is 0 Å². The molecule has 194 valence electrons. The van der Waals surface area contributed by atoms with Crippen LogP contribution < -0.4 is 10.2 Å². The zero-order valence-electron chi connectivity index (χ0n) is 4.93. The smallest absolute Gasteiger partial charge is 0.652 e.